The van der Waals surface area contributed by atoms with Crippen LogP contribution in [0.15, 0.2) is 22.7 Å². The van der Waals surface area contributed by atoms with Crippen LogP contribution >= 0.6 is 27.5 Å². The number of halogens is 2. The third kappa shape index (κ3) is 3.27. The lowest BCUT2D eigenvalue weighted by molar-refractivity contribution is 0.141. The van der Waals surface area contributed by atoms with Gasteiger partial charge < -0.3 is 5.73 Å². The van der Waals surface area contributed by atoms with Gasteiger partial charge in [0.25, 0.3) is 0 Å². The number of nitrogens with two attached hydrogens (primary N) is 1. The molecule has 0 aromatic heterocycles. The van der Waals surface area contributed by atoms with Gasteiger partial charge >= 0.3 is 0 Å². The first-order valence-corrected chi connectivity index (χ1v) is 7.68. The molecule has 0 spiro atoms. The minimum absolute atomic E-state index is 0.311. The number of likely N-dealkylation sites (tertiary alicyclic amines) is 1. The van der Waals surface area contributed by atoms with Crippen molar-refractivity contribution in [1.82, 2.24) is 4.90 Å². The summed E-state index contributed by atoms with van der Waals surface area (Å²) in [4.78, 5) is 2.50. The molecule has 2 rings (SSSR count). The predicted octanol–water partition coefficient (Wildman–Crippen LogP) is 3.83. The average molecular weight is 332 g/mol. The predicted molar refractivity (Wildman–Crippen MR) is 80.9 cm³/mol. The lowest BCUT2D eigenvalue weighted by Crippen LogP contribution is -2.39. The van der Waals surface area contributed by atoms with Crippen LogP contribution < -0.4 is 5.73 Å². The molecule has 1 saturated heterocycles. The summed E-state index contributed by atoms with van der Waals surface area (Å²) in [5, 5.41) is 0.752. The molecule has 0 amide bonds. The average Bonchev–Trinajstić information content (AvgIpc) is 2.37. The fourth-order valence-electron chi connectivity index (χ4n) is 2.56. The van der Waals surface area contributed by atoms with E-state index in [9.17, 15) is 0 Å². The lowest BCUT2D eigenvalue weighted by atomic mass is 9.96. The third-order valence-corrected chi connectivity index (χ3v) is 5.02. The molecule has 1 aliphatic rings. The summed E-state index contributed by atoms with van der Waals surface area (Å²) in [7, 11) is 0. The highest BCUT2D eigenvalue weighted by Crippen LogP contribution is 2.30. The standard InChI is InChI=1S/C14H20BrClN2/c1-10-4-6-18(7-5-10)14(9-17)11-2-3-13(16)12(15)8-11/h2-3,8,10,14H,4-7,9,17H2,1H3. The molecule has 1 heterocycles. The van der Waals surface area contributed by atoms with Gasteiger partial charge in [0.15, 0.2) is 0 Å². The van der Waals surface area contributed by atoms with Crippen molar-refractivity contribution < 1.29 is 0 Å². The van der Waals surface area contributed by atoms with Gasteiger partial charge in [-0.05, 0) is 65.5 Å². The summed E-state index contributed by atoms with van der Waals surface area (Å²) in [6.07, 6.45) is 2.54. The topological polar surface area (TPSA) is 29.3 Å². The molecule has 18 heavy (non-hydrogen) atoms. The zero-order valence-corrected chi connectivity index (χ0v) is 13.0. The maximum atomic E-state index is 6.04. The van der Waals surface area contributed by atoms with Crippen molar-refractivity contribution in [3.8, 4) is 0 Å². The summed E-state index contributed by atoms with van der Waals surface area (Å²) in [5.41, 5.74) is 7.22. The van der Waals surface area contributed by atoms with Crippen molar-refractivity contribution in [2.45, 2.75) is 25.8 Å². The second-order valence-electron chi connectivity index (χ2n) is 5.14. The molecule has 4 heteroatoms. The van der Waals surface area contributed by atoms with Gasteiger partial charge in [-0.15, -0.1) is 0 Å². The van der Waals surface area contributed by atoms with E-state index >= 15 is 0 Å². The first-order valence-electron chi connectivity index (χ1n) is 6.51. The van der Waals surface area contributed by atoms with Crippen molar-refractivity contribution >= 4 is 27.5 Å². The molecule has 0 radical (unpaired) electrons. The molecule has 2 N–H and O–H groups in total. The summed E-state index contributed by atoms with van der Waals surface area (Å²) >= 11 is 9.53. The molecule has 1 aromatic carbocycles. The first kappa shape index (κ1) is 14.3. The minimum Gasteiger partial charge on any atom is -0.329 e. The summed E-state index contributed by atoms with van der Waals surface area (Å²) in [6.45, 7) is 5.27. The first-order chi connectivity index (χ1) is 8.61. The van der Waals surface area contributed by atoms with E-state index in [0.717, 1.165) is 28.5 Å². The van der Waals surface area contributed by atoms with E-state index in [1.165, 1.54) is 18.4 Å². The van der Waals surface area contributed by atoms with E-state index in [1.54, 1.807) is 0 Å². The van der Waals surface area contributed by atoms with Gasteiger partial charge in [0.05, 0.1) is 5.02 Å². The van der Waals surface area contributed by atoms with Crippen LogP contribution in [0.1, 0.15) is 31.4 Å². The van der Waals surface area contributed by atoms with Crippen molar-refractivity contribution in [2.24, 2.45) is 11.7 Å². The van der Waals surface area contributed by atoms with E-state index < -0.39 is 0 Å². The largest absolute Gasteiger partial charge is 0.329 e. The molecule has 1 atom stereocenters. The molecule has 0 saturated carbocycles. The number of piperidine rings is 1. The van der Waals surface area contributed by atoms with Gasteiger partial charge in [0.1, 0.15) is 0 Å². The Morgan fingerprint density at radius 2 is 2.11 bits per heavy atom. The quantitative estimate of drug-likeness (QED) is 0.912. The molecule has 0 aliphatic carbocycles. The van der Waals surface area contributed by atoms with Crippen LogP contribution in [-0.4, -0.2) is 24.5 Å². The van der Waals surface area contributed by atoms with E-state index in [-0.39, 0.29) is 0 Å². The van der Waals surface area contributed by atoms with Crippen LogP contribution in [0, 0.1) is 5.92 Å². The maximum absolute atomic E-state index is 6.04. The fraction of sp³-hybridized carbons (Fsp3) is 0.571. The van der Waals surface area contributed by atoms with Crippen LogP contribution in [0.3, 0.4) is 0 Å². The number of rotatable bonds is 3. The van der Waals surface area contributed by atoms with Crippen LogP contribution in [0.4, 0.5) is 0 Å². The van der Waals surface area contributed by atoms with Gasteiger partial charge in [-0.25, -0.2) is 0 Å². The molecule has 1 aromatic rings. The van der Waals surface area contributed by atoms with Gasteiger partial charge in [0.2, 0.25) is 0 Å². The van der Waals surface area contributed by atoms with Crippen LogP contribution in [0.5, 0.6) is 0 Å². The molecule has 1 unspecified atom stereocenters. The lowest BCUT2D eigenvalue weighted by Gasteiger charge is -2.36. The molecule has 0 bridgehead atoms. The highest BCUT2D eigenvalue weighted by molar-refractivity contribution is 9.10. The van der Waals surface area contributed by atoms with E-state index in [0.29, 0.717) is 12.6 Å². The second kappa shape index (κ2) is 6.38. The number of hydrogen-bond donors (Lipinski definition) is 1. The number of benzene rings is 1. The molecule has 1 fully saturated rings. The number of nitrogens with zero attached hydrogens (tertiary/aromatic N) is 1. The van der Waals surface area contributed by atoms with E-state index in [1.807, 2.05) is 6.07 Å². The molecule has 100 valence electrons. The summed E-state index contributed by atoms with van der Waals surface area (Å²) in [6, 6.07) is 6.43. The molecule has 2 nitrogen and oxygen atoms in total. The Morgan fingerprint density at radius 3 is 2.67 bits per heavy atom. The van der Waals surface area contributed by atoms with Crippen molar-refractivity contribution in [3.63, 3.8) is 0 Å². The maximum Gasteiger partial charge on any atom is 0.0548 e. The van der Waals surface area contributed by atoms with Crippen LogP contribution in [0.2, 0.25) is 5.02 Å². The Bertz CT molecular complexity index is 403. The fourth-order valence-corrected chi connectivity index (χ4v) is 3.07. The van der Waals surface area contributed by atoms with Gasteiger partial charge in [-0.1, -0.05) is 24.6 Å². The third-order valence-electron chi connectivity index (χ3n) is 3.81. The Labute approximate surface area is 123 Å². The summed E-state index contributed by atoms with van der Waals surface area (Å²) in [5.74, 6) is 0.844. The Hall–Kier alpha value is -0.0900. The Kier molecular flexibility index (Phi) is 5.07. The number of hydrogen-bond acceptors (Lipinski definition) is 2. The van der Waals surface area contributed by atoms with Crippen molar-refractivity contribution in [1.29, 1.82) is 0 Å². The monoisotopic (exact) mass is 330 g/mol. The molecular weight excluding hydrogens is 312 g/mol. The zero-order chi connectivity index (χ0) is 13.1. The SMILES string of the molecule is CC1CCN(C(CN)c2ccc(Cl)c(Br)c2)CC1. The normalized spacial score (nSPS) is 20.0. The van der Waals surface area contributed by atoms with Gasteiger partial charge in [-0.3, -0.25) is 4.90 Å². The molecule has 1 aliphatic heterocycles. The Morgan fingerprint density at radius 1 is 1.44 bits per heavy atom. The van der Waals surface area contributed by atoms with Crippen molar-refractivity contribution in [2.75, 3.05) is 19.6 Å². The zero-order valence-electron chi connectivity index (χ0n) is 10.7. The van der Waals surface area contributed by atoms with Crippen molar-refractivity contribution in [3.05, 3.63) is 33.3 Å². The minimum atomic E-state index is 0.311. The summed E-state index contributed by atoms with van der Waals surface area (Å²) < 4.78 is 0.950. The van der Waals surface area contributed by atoms with E-state index in [4.69, 9.17) is 17.3 Å². The highest BCUT2D eigenvalue weighted by atomic mass is 79.9. The smallest absolute Gasteiger partial charge is 0.0548 e. The highest BCUT2D eigenvalue weighted by Gasteiger charge is 2.23. The van der Waals surface area contributed by atoms with Crippen LogP contribution in [0.25, 0.3) is 0 Å². The second-order valence-corrected chi connectivity index (χ2v) is 6.41. The van der Waals surface area contributed by atoms with Gasteiger partial charge in [0, 0.05) is 17.1 Å². The van der Waals surface area contributed by atoms with E-state index in [2.05, 4.69) is 39.9 Å². The molecular formula is C14H20BrClN2. The Balaban J connectivity index is 2.14. The van der Waals surface area contributed by atoms with Crippen LogP contribution in [-0.2, 0) is 0 Å². The van der Waals surface area contributed by atoms with Gasteiger partial charge in [-0.2, -0.15) is 0 Å².